The average Bonchev–Trinajstić information content (AvgIpc) is 2.94. The summed E-state index contributed by atoms with van der Waals surface area (Å²) < 4.78 is 18.5. The van der Waals surface area contributed by atoms with Crippen molar-refractivity contribution in [2.75, 3.05) is 19.7 Å². The van der Waals surface area contributed by atoms with Gasteiger partial charge in [-0.1, -0.05) is 39.7 Å². The van der Waals surface area contributed by atoms with Crippen molar-refractivity contribution < 1.29 is 33.7 Å². The minimum Gasteiger partial charge on any atom is -0.506 e. The molecule has 1 heterocycles. The molecule has 0 aliphatic rings. The molecule has 252 valence electrons. The lowest BCUT2D eigenvalue weighted by Crippen LogP contribution is -2.46. The summed E-state index contributed by atoms with van der Waals surface area (Å²) in [6.45, 7) is 17.5. The van der Waals surface area contributed by atoms with Crippen LogP contribution < -0.4 is 10.3 Å². The van der Waals surface area contributed by atoms with Crippen molar-refractivity contribution in [3.05, 3.63) is 70.0 Å². The van der Waals surface area contributed by atoms with Gasteiger partial charge >= 0.3 is 12.1 Å². The Balaban J connectivity index is 1.77. The van der Waals surface area contributed by atoms with Gasteiger partial charge in [0.1, 0.15) is 17.1 Å². The molecule has 2 aromatic carbocycles. The lowest BCUT2D eigenvalue weighted by atomic mass is 10.0. The van der Waals surface area contributed by atoms with E-state index in [9.17, 15) is 19.5 Å². The second-order valence-corrected chi connectivity index (χ2v) is 18.9. The van der Waals surface area contributed by atoms with Crippen LogP contribution in [-0.2, 0) is 9.16 Å². The highest BCUT2D eigenvalue weighted by molar-refractivity contribution is 6.74. The number of amides is 1. The van der Waals surface area contributed by atoms with Crippen molar-refractivity contribution >= 4 is 31.3 Å². The molecule has 0 fully saturated rings. The number of aromatic amines is 1. The molecule has 3 rings (SSSR count). The second kappa shape index (κ2) is 15.2. The standard InChI is InChI=1S/C35H50N2O8Si/c1-34(2,3)44-33(42)37(21-11-9-10-12-22-43-25-15-13-24(14-16-25)32(40)41)23-29(45-46(7,8)35(4,5)6)26-17-19-28(38)31-27(26)18-20-30(39)36-31/h13-20,29,38H,9-12,21-23H2,1-8H3,(H,36,39)(H,40,41). The summed E-state index contributed by atoms with van der Waals surface area (Å²) in [5, 5.41) is 20.1. The van der Waals surface area contributed by atoms with Crippen LogP contribution in [0.2, 0.25) is 18.1 Å². The highest BCUT2D eigenvalue weighted by Gasteiger charge is 2.40. The number of ether oxygens (including phenoxy) is 2. The fraction of sp³-hybridized carbons (Fsp3) is 0.514. The summed E-state index contributed by atoms with van der Waals surface area (Å²) in [4.78, 5) is 41.1. The van der Waals surface area contributed by atoms with Crippen molar-refractivity contribution in [3.8, 4) is 11.5 Å². The molecule has 3 N–H and O–H groups in total. The Morgan fingerprint density at radius 2 is 1.57 bits per heavy atom. The Morgan fingerprint density at radius 3 is 2.17 bits per heavy atom. The number of nitrogens with one attached hydrogen (secondary N) is 1. The van der Waals surface area contributed by atoms with Gasteiger partial charge in [-0.15, -0.1) is 0 Å². The molecule has 0 radical (unpaired) electrons. The molecule has 46 heavy (non-hydrogen) atoms. The van der Waals surface area contributed by atoms with Gasteiger partial charge in [-0.2, -0.15) is 0 Å². The Hall–Kier alpha value is -3.83. The molecule has 0 saturated carbocycles. The molecule has 0 aliphatic carbocycles. The van der Waals surface area contributed by atoms with Crippen LogP contribution >= 0.6 is 0 Å². The van der Waals surface area contributed by atoms with E-state index in [1.54, 1.807) is 35.2 Å². The first-order chi connectivity index (χ1) is 21.4. The van der Waals surface area contributed by atoms with Gasteiger partial charge in [-0.3, -0.25) is 4.79 Å². The molecule has 0 spiro atoms. The van der Waals surface area contributed by atoms with Crippen LogP contribution in [0.5, 0.6) is 11.5 Å². The number of aromatic hydroxyl groups is 1. The van der Waals surface area contributed by atoms with Crippen molar-refractivity contribution in [1.82, 2.24) is 9.88 Å². The third-order valence-corrected chi connectivity index (χ3v) is 12.7. The maximum Gasteiger partial charge on any atom is 0.410 e. The number of H-pyrrole nitrogens is 1. The smallest absolute Gasteiger partial charge is 0.410 e. The fourth-order valence-corrected chi connectivity index (χ4v) is 5.96. The van der Waals surface area contributed by atoms with Crippen molar-refractivity contribution in [1.29, 1.82) is 0 Å². The largest absolute Gasteiger partial charge is 0.506 e. The first kappa shape index (κ1) is 36.6. The summed E-state index contributed by atoms with van der Waals surface area (Å²) in [6.07, 6.45) is 2.32. The number of fused-ring (bicyclic) bond motifs is 1. The van der Waals surface area contributed by atoms with Crippen molar-refractivity contribution in [2.24, 2.45) is 0 Å². The van der Waals surface area contributed by atoms with E-state index in [0.717, 1.165) is 31.2 Å². The summed E-state index contributed by atoms with van der Waals surface area (Å²) in [5.74, 6) is -0.384. The van der Waals surface area contributed by atoms with Crippen LogP contribution in [0.25, 0.3) is 10.9 Å². The number of nitrogens with zero attached hydrogens (tertiary/aromatic N) is 1. The molecule has 0 saturated heterocycles. The van der Waals surface area contributed by atoms with Gasteiger partial charge in [-0.25, -0.2) is 9.59 Å². The Kier molecular flexibility index (Phi) is 12.1. The van der Waals surface area contributed by atoms with E-state index in [1.165, 1.54) is 18.2 Å². The number of aromatic nitrogens is 1. The van der Waals surface area contributed by atoms with E-state index in [4.69, 9.17) is 19.0 Å². The Bertz CT molecular complexity index is 1540. The number of benzene rings is 2. The van der Waals surface area contributed by atoms with E-state index < -0.39 is 32.1 Å². The number of carboxylic acid groups (broad SMARTS) is 1. The van der Waals surface area contributed by atoms with Gasteiger partial charge < -0.3 is 34.0 Å². The number of hydrogen-bond acceptors (Lipinski definition) is 7. The molecular formula is C35H50N2O8Si. The molecule has 0 bridgehead atoms. The van der Waals surface area contributed by atoms with Crippen LogP contribution in [0.3, 0.4) is 0 Å². The number of aromatic carboxylic acids is 1. The Morgan fingerprint density at radius 1 is 0.913 bits per heavy atom. The highest BCUT2D eigenvalue weighted by atomic mass is 28.4. The van der Waals surface area contributed by atoms with Gasteiger partial charge in [0.2, 0.25) is 5.56 Å². The normalized spacial score (nSPS) is 13.0. The van der Waals surface area contributed by atoms with Gasteiger partial charge in [0.15, 0.2) is 8.32 Å². The minimum absolute atomic E-state index is 0.0345. The lowest BCUT2D eigenvalue weighted by Gasteiger charge is -2.41. The predicted octanol–water partition coefficient (Wildman–Crippen LogP) is 7.87. The van der Waals surface area contributed by atoms with Crippen molar-refractivity contribution in [3.63, 3.8) is 0 Å². The average molecular weight is 655 g/mol. The van der Waals surface area contributed by atoms with E-state index in [-0.39, 0.29) is 28.5 Å². The number of pyridine rings is 1. The predicted molar refractivity (Wildman–Crippen MR) is 182 cm³/mol. The van der Waals surface area contributed by atoms with E-state index in [2.05, 4.69) is 38.8 Å². The fourth-order valence-electron chi connectivity index (χ4n) is 4.70. The van der Waals surface area contributed by atoms with E-state index in [1.807, 2.05) is 20.8 Å². The minimum atomic E-state index is -2.36. The molecule has 11 heteroatoms. The number of hydrogen-bond donors (Lipinski definition) is 3. The monoisotopic (exact) mass is 654 g/mol. The number of carbonyl (C=O) groups excluding carboxylic acids is 1. The topological polar surface area (TPSA) is 138 Å². The van der Waals surface area contributed by atoms with Gasteiger partial charge in [-0.05, 0) is 93.7 Å². The highest BCUT2D eigenvalue weighted by Crippen LogP contribution is 2.41. The SMILES string of the molecule is CC(C)(C)OC(=O)N(CCCCCCOc1ccc(C(=O)O)cc1)CC(O[Si](C)(C)C(C)(C)C)c1ccc(O)c2[nH]c(=O)ccc12. The molecule has 10 nitrogen and oxygen atoms in total. The summed E-state index contributed by atoms with van der Waals surface area (Å²) in [7, 11) is -2.36. The zero-order chi connectivity index (χ0) is 34.3. The number of carboxylic acids is 1. The number of unbranched alkanes of at least 4 members (excludes halogenated alkanes) is 3. The van der Waals surface area contributed by atoms with Crippen LogP contribution in [-0.4, -0.2) is 65.8 Å². The maximum absolute atomic E-state index is 13.6. The quantitative estimate of drug-likeness (QED) is 0.118. The lowest BCUT2D eigenvalue weighted by molar-refractivity contribution is 0.0153. The van der Waals surface area contributed by atoms with Crippen molar-refractivity contribution in [2.45, 2.75) is 97.1 Å². The number of phenols is 1. The van der Waals surface area contributed by atoms with Gasteiger partial charge in [0.05, 0.1) is 30.3 Å². The number of rotatable bonds is 14. The molecule has 1 unspecified atom stereocenters. The third kappa shape index (κ3) is 10.3. The molecule has 3 aromatic rings. The van der Waals surface area contributed by atoms with Crippen LogP contribution in [0.4, 0.5) is 4.79 Å². The summed E-state index contributed by atoms with van der Waals surface area (Å²) in [5.41, 5.74) is 0.315. The second-order valence-electron chi connectivity index (χ2n) is 14.2. The van der Waals surface area contributed by atoms with E-state index in [0.29, 0.717) is 29.8 Å². The van der Waals surface area contributed by atoms with Crippen LogP contribution in [0.15, 0.2) is 53.3 Å². The molecule has 1 amide bonds. The zero-order valence-electron chi connectivity index (χ0n) is 28.4. The Labute approximate surface area is 272 Å². The first-order valence-corrected chi connectivity index (χ1v) is 18.8. The summed E-state index contributed by atoms with van der Waals surface area (Å²) in [6, 6.07) is 12.8. The first-order valence-electron chi connectivity index (χ1n) is 15.8. The third-order valence-electron chi connectivity index (χ3n) is 8.23. The molecule has 0 aliphatic heterocycles. The number of carbonyl (C=O) groups is 2. The summed E-state index contributed by atoms with van der Waals surface area (Å²) >= 11 is 0. The molecular weight excluding hydrogens is 604 g/mol. The van der Waals surface area contributed by atoms with E-state index >= 15 is 0 Å². The maximum atomic E-state index is 13.6. The van der Waals surface area contributed by atoms with Crippen LogP contribution in [0.1, 0.15) is 89.3 Å². The van der Waals surface area contributed by atoms with Crippen LogP contribution in [0, 0.1) is 0 Å². The molecule has 1 atom stereocenters. The number of phenolic OH excluding ortho intramolecular Hbond substituents is 1. The van der Waals surface area contributed by atoms with Gasteiger partial charge in [0, 0.05) is 18.0 Å². The van der Waals surface area contributed by atoms with Gasteiger partial charge in [0.25, 0.3) is 0 Å². The molecule has 1 aromatic heterocycles. The zero-order valence-corrected chi connectivity index (χ0v) is 29.4.